The molecule has 2 rings (SSSR count). The number of carbonyl (C=O) groups excluding carboxylic acids is 1. The molecule has 0 bridgehead atoms. The van der Waals surface area contributed by atoms with Gasteiger partial charge >= 0.3 is 5.97 Å². The summed E-state index contributed by atoms with van der Waals surface area (Å²) in [5, 5.41) is 7.73. The summed E-state index contributed by atoms with van der Waals surface area (Å²) >= 11 is 0. The predicted octanol–water partition coefficient (Wildman–Crippen LogP) is 0.753. The van der Waals surface area contributed by atoms with E-state index in [1.807, 2.05) is 0 Å². The molecule has 6 nitrogen and oxygen atoms in total. The predicted molar refractivity (Wildman–Crippen MR) is 69.6 cm³/mol. The van der Waals surface area contributed by atoms with Crippen LogP contribution in [0.3, 0.4) is 0 Å². The fraction of sp³-hybridized carbons (Fsp3) is 0.308. The van der Waals surface area contributed by atoms with Crippen LogP contribution in [-0.4, -0.2) is 34.6 Å². The molecule has 1 aromatic carbocycles. The zero-order chi connectivity index (χ0) is 14.5. The number of ether oxygens (including phenoxy) is 1. The Morgan fingerprint density at radius 2 is 2.30 bits per heavy atom. The van der Waals surface area contributed by atoms with Gasteiger partial charge in [0.25, 0.3) is 0 Å². The summed E-state index contributed by atoms with van der Waals surface area (Å²) in [6.45, 7) is 0.664. The minimum absolute atomic E-state index is 0.148. The van der Waals surface area contributed by atoms with Gasteiger partial charge in [-0.25, -0.2) is 13.9 Å². The Morgan fingerprint density at radius 3 is 2.95 bits per heavy atom. The van der Waals surface area contributed by atoms with Gasteiger partial charge in [-0.15, -0.1) is 5.10 Å². The number of methoxy groups -OCH3 is 1. The summed E-state index contributed by atoms with van der Waals surface area (Å²) in [6, 6.07) is 6.16. The minimum Gasteiger partial charge on any atom is -0.464 e. The zero-order valence-corrected chi connectivity index (χ0v) is 11.0. The maximum Gasteiger partial charge on any atom is 0.360 e. The summed E-state index contributed by atoms with van der Waals surface area (Å²) < 4.78 is 19.4. The molecule has 0 saturated carbocycles. The molecular formula is C13H15FN4O2. The van der Waals surface area contributed by atoms with Crippen molar-refractivity contribution in [2.75, 3.05) is 13.7 Å². The van der Waals surface area contributed by atoms with Crippen molar-refractivity contribution < 1.29 is 13.9 Å². The Balaban J connectivity index is 2.31. The van der Waals surface area contributed by atoms with Gasteiger partial charge in [0.05, 0.1) is 19.3 Å². The van der Waals surface area contributed by atoms with Crippen molar-refractivity contribution in [3.05, 3.63) is 47.0 Å². The molecule has 0 atom stereocenters. The number of benzene rings is 1. The van der Waals surface area contributed by atoms with Crippen LogP contribution in [-0.2, 0) is 17.7 Å². The molecule has 2 aromatic rings. The van der Waals surface area contributed by atoms with Crippen LogP contribution >= 0.6 is 0 Å². The number of hydrogen-bond donors (Lipinski definition) is 1. The Hall–Kier alpha value is -2.28. The molecule has 1 heterocycles. The van der Waals surface area contributed by atoms with Crippen LogP contribution in [0.2, 0.25) is 0 Å². The van der Waals surface area contributed by atoms with E-state index in [1.54, 1.807) is 12.1 Å². The van der Waals surface area contributed by atoms with Crippen molar-refractivity contribution in [1.82, 2.24) is 15.0 Å². The highest BCUT2D eigenvalue weighted by atomic mass is 19.1. The molecule has 0 saturated heterocycles. The van der Waals surface area contributed by atoms with Crippen LogP contribution in [0, 0.1) is 5.82 Å². The molecule has 20 heavy (non-hydrogen) atoms. The number of nitrogens with two attached hydrogens (primary N) is 1. The largest absolute Gasteiger partial charge is 0.464 e. The summed E-state index contributed by atoms with van der Waals surface area (Å²) in [5.74, 6) is -0.880. The Bertz CT molecular complexity index is 612. The van der Waals surface area contributed by atoms with E-state index in [1.165, 1.54) is 23.9 Å². The van der Waals surface area contributed by atoms with Gasteiger partial charge in [-0.2, -0.15) is 0 Å². The van der Waals surface area contributed by atoms with Gasteiger partial charge in [0, 0.05) is 6.42 Å². The van der Waals surface area contributed by atoms with E-state index in [0.717, 1.165) is 5.56 Å². The van der Waals surface area contributed by atoms with Crippen molar-refractivity contribution >= 4 is 5.97 Å². The molecule has 0 radical (unpaired) electrons. The van der Waals surface area contributed by atoms with Crippen LogP contribution in [0.4, 0.5) is 4.39 Å². The lowest BCUT2D eigenvalue weighted by Crippen LogP contribution is -2.14. The molecular weight excluding hydrogens is 263 g/mol. The number of hydrogen-bond acceptors (Lipinski definition) is 5. The molecule has 106 valence electrons. The summed E-state index contributed by atoms with van der Waals surface area (Å²) in [5.41, 5.74) is 7.00. The first-order valence-electron chi connectivity index (χ1n) is 6.11. The van der Waals surface area contributed by atoms with Gasteiger partial charge in [0.15, 0.2) is 5.69 Å². The third kappa shape index (κ3) is 3.00. The first kappa shape index (κ1) is 14.1. The van der Waals surface area contributed by atoms with E-state index >= 15 is 0 Å². The number of carbonyl (C=O) groups is 1. The van der Waals surface area contributed by atoms with Gasteiger partial charge < -0.3 is 10.5 Å². The van der Waals surface area contributed by atoms with E-state index in [4.69, 9.17) is 5.73 Å². The average molecular weight is 278 g/mol. The van der Waals surface area contributed by atoms with Gasteiger partial charge in [-0.1, -0.05) is 17.3 Å². The third-order valence-corrected chi connectivity index (χ3v) is 2.82. The highest BCUT2D eigenvalue weighted by molar-refractivity contribution is 5.88. The molecule has 7 heteroatoms. The van der Waals surface area contributed by atoms with E-state index in [9.17, 15) is 9.18 Å². The Morgan fingerprint density at radius 1 is 1.50 bits per heavy atom. The molecule has 0 aliphatic heterocycles. The molecule has 0 fully saturated rings. The summed E-state index contributed by atoms with van der Waals surface area (Å²) in [4.78, 5) is 11.6. The van der Waals surface area contributed by atoms with E-state index in [2.05, 4.69) is 15.0 Å². The topological polar surface area (TPSA) is 83.0 Å². The van der Waals surface area contributed by atoms with Gasteiger partial charge in [0.1, 0.15) is 5.82 Å². The number of nitrogens with zero attached hydrogens (tertiary/aromatic N) is 3. The lowest BCUT2D eigenvalue weighted by atomic mass is 10.2. The van der Waals surface area contributed by atoms with Crippen LogP contribution < -0.4 is 5.73 Å². The van der Waals surface area contributed by atoms with Crippen molar-refractivity contribution in [2.45, 2.75) is 13.0 Å². The Kier molecular flexibility index (Phi) is 4.41. The zero-order valence-electron chi connectivity index (χ0n) is 11.0. The Labute approximate surface area is 115 Å². The van der Waals surface area contributed by atoms with Crippen molar-refractivity contribution in [3.8, 4) is 0 Å². The number of esters is 1. The monoisotopic (exact) mass is 278 g/mol. The molecule has 0 spiro atoms. The molecule has 0 aliphatic rings. The SMILES string of the molecule is COC(=O)c1nnn(Cc2cccc(F)c2)c1CCN. The fourth-order valence-corrected chi connectivity index (χ4v) is 1.91. The average Bonchev–Trinajstić information content (AvgIpc) is 2.82. The number of rotatable bonds is 5. The smallest absolute Gasteiger partial charge is 0.360 e. The normalized spacial score (nSPS) is 10.6. The highest BCUT2D eigenvalue weighted by Gasteiger charge is 2.19. The van der Waals surface area contributed by atoms with Gasteiger partial charge in [-0.05, 0) is 24.2 Å². The highest BCUT2D eigenvalue weighted by Crippen LogP contribution is 2.11. The van der Waals surface area contributed by atoms with E-state index in [0.29, 0.717) is 25.2 Å². The number of halogens is 1. The quantitative estimate of drug-likeness (QED) is 0.816. The molecule has 1 aromatic heterocycles. The summed E-state index contributed by atoms with van der Waals surface area (Å²) in [7, 11) is 1.28. The first-order chi connectivity index (χ1) is 9.65. The number of aromatic nitrogens is 3. The van der Waals surface area contributed by atoms with Crippen LogP contribution in [0.1, 0.15) is 21.7 Å². The third-order valence-electron chi connectivity index (χ3n) is 2.82. The summed E-state index contributed by atoms with van der Waals surface area (Å²) in [6.07, 6.45) is 0.437. The van der Waals surface area contributed by atoms with E-state index in [-0.39, 0.29) is 11.5 Å². The van der Waals surface area contributed by atoms with Crippen molar-refractivity contribution in [2.24, 2.45) is 5.73 Å². The molecule has 0 unspecified atom stereocenters. The maximum atomic E-state index is 13.2. The molecule has 0 aliphatic carbocycles. The van der Waals surface area contributed by atoms with Crippen molar-refractivity contribution in [1.29, 1.82) is 0 Å². The van der Waals surface area contributed by atoms with Crippen LogP contribution in [0.15, 0.2) is 24.3 Å². The van der Waals surface area contributed by atoms with E-state index < -0.39 is 5.97 Å². The second-order valence-electron chi connectivity index (χ2n) is 4.20. The lowest BCUT2D eigenvalue weighted by molar-refractivity contribution is 0.0592. The maximum absolute atomic E-state index is 13.2. The minimum atomic E-state index is -0.557. The standard InChI is InChI=1S/C13H15FN4O2/c1-20-13(19)12-11(5-6-15)18(17-16-12)8-9-3-2-4-10(14)7-9/h2-4,7H,5-6,8,15H2,1H3. The molecule has 2 N–H and O–H groups in total. The first-order valence-corrected chi connectivity index (χ1v) is 6.11. The second kappa shape index (κ2) is 6.25. The van der Waals surface area contributed by atoms with Crippen LogP contribution in [0.5, 0.6) is 0 Å². The lowest BCUT2D eigenvalue weighted by Gasteiger charge is -2.07. The molecule has 0 amide bonds. The van der Waals surface area contributed by atoms with Gasteiger partial charge in [-0.3, -0.25) is 0 Å². The van der Waals surface area contributed by atoms with Crippen molar-refractivity contribution in [3.63, 3.8) is 0 Å². The van der Waals surface area contributed by atoms with Crippen LogP contribution in [0.25, 0.3) is 0 Å². The second-order valence-corrected chi connectivity index (χ2v) is 4.20. The van der Waals surface area contributed by atoms with Gasteiger partial charge in [0.2, 0.25) is 0 Å². The fourth-order valence-electron chi connectivity index (χ4n) is 1.91.